The molecule has 0 N–H and O–H groups in total. The lowest BCUT2D eigenvalue weighted by molar-refractivity contribution is 0.0397. The molecular formula is C23H29ClN2O3. The van der Waals surface area contributed by atoms with Crippen molar-refractivity contribution in [1.82, 2.24) is 5.01 Å². The molecule has 3 rings (SSSR count). The normalized spacial score (nSPS) is 14.6. The molecule has 0 spiro atoms. The molecule has 2 aromatic carbocycles. The van der Waals surface area contributed by atoms with Gasteiger partial charge in [-0.05, 0) is 59.9 Å². The number of benzene rings is 2. The van der Waals surface area contributed by atoms with Gasteiger partial charge in [0, 0.05) is 10.6 Å². The standard InChI is InChI=1S/C23H29ClN2O3/c1-16(2)20-13-21(24)17(3)11-23(20)29-15-19-12-18(5-6-22(19)27-4)14-25-26-7-9-28-10-8-26/h5-6,11-14,16H,7-10,15H2,1-4H3. The molecule has 6 heteroatoms. The van der Waals surface area contributed by atoms with Crippen molar-refractivity contribution in [2.24, 2.45) is 5.10 Å². The van der Waals surface area contributed by atoms with Gasteiger partial charge in [-0.25, -0.2) is 0 Å². The number of methoxy groups -OCH3 is 1. The van der Waals surface area contributed by atoms with Crippen molar-refractivity contribution in [3.05, 3.63) is 57.6 Å². The molecule has 1 fully saturated rings. The van der Waals surface area contributed by atoms with Crippen LogP contribution in [0.4, 0.5) is 0 Å². The van der Waals surface area contributed by atoms with E-state index in [1.54, 1.807) is 7.11 Å². The van der Waals surface area contributed by atoms with E-state index in [4.69, 9.17) is 25.8 Å². The summed E-state index contributed by atoms with van der Waals surface area (Å²) in [5.74, 6) is 1.97. The van der Waals surface area contributed by atoms with Crippen LogP contribution in [0.5, 0.6) is 11.5 Å². The van der Waals surface area contributed by atoms with Crippen LogP contribution in [0.1, 0.15) is 42.0 Å². The summed E-state index contributed by atoms with van der Waals surface area (Å²) in [6.45, 7) is 9.74. The number of nitrogens with zero attached hydrogens (tertiary/aromatic N) is 2. The van der Waals surface area contributed by atoms with E-state index >= 15 is 0 Å². The van der Waals surface area contributed by atoms with Crippen LogP contribution in [0.25, 0.3) is 0 Å². The molecule has 1 aliphatic rings. The van der Waals surface area contributed by atoms with Gasteiger partial charge >= 0.3 is 0 Å². The average Bonchev–Trinajstić information content (AvgIpc) is 2.73. The second kappa shape index (κ2) is 9.99. The molecule has 1 saturated heterocycles. The van der Waals surface area contributed by atoms with Crippen LogP contribution in [0.2, 0.25) is 5.02 Å². The highest BCUT2D eigenvalue weighted by Crippen LogP contribution is 2.33. The number of rotatable bonds is 7. The second-order valence-corrected chi connectivity index (χ2v) is 7.87. The summed E-state index contributed by atoms with van der Waals surface area (Å²) < 4.78 is 17.1. The average molecular weight is 417 g/mol. The number of halogens is 1. The molecule has 2 aromatic rings. The summed E-state index contributed by atoms with van der Waals surface area (Å²) in [7, 11) is 1.67. The molecule has 0 unspecified atom stereocenters. The summed E-state index contributed by atoms with van der Waals surface area (Å²) >= 11 is 6.31. The first kappa shape index (κ1) is 21.5. The van der Waals surface area contributed by atoms with Crippen LogP contribution in [-0.4, -0.2) is 44.6 Å². The van der Waals surface area contributed by atoms with E-state index in [1.807, 2.05) is 42.4 Å². The zero-order chi connectivity index (χ0) is 20.8. The Hall–Kier alpha value is -2.24. The first-order chi connectivity index (χ1) is 14.0. The maximum absolute atomic E-state index is 6.31. The van der Waals surface area contributed by atoms with Gasteiger partial charge < -0.3 is 14.2 Å². The molecule has 1 aliphatic heterocycles. The molecular weight excluding hydrogens is 388 g/mol. The number of ether oxygens (including phenoxy) is 3. The highest BCUT2D eigenvalue weighted by Gasteiger charge is 2.13. The predicted octanol–water partition coefficient (Wildman–Crippen LogP) is 5.03. The van der Waals surface area contributed by atoms with Gasteiger partial charge in [-0.15, -0.1) is 0 Å². The fourth-order valence-corrected chi connectivity index (χ4v) is 3.38. The van der Waals surface area contributed by atoms with E-state index in [1.165, 1.54) is 0 Å². The molecule has 1 heterocycles. The Labute approximate surface area is 178 Å². The first-order valence-electron chi connectivity index (χ1n) is 9.94. The van der Waals surface area contributed by atoms with E-state index in [0.717, 1.165) is 65.1 Å². The number of aryl methyl sites for hydroxylation is 1. The Kier molecular flexibility index (Phi) is 7.40. The minimum Gasteiger partial charge on any atom is -0.496 e. The maximum Gasteiger partial charge on any atom is 0.125 e. The summed E-state index contributed by atoms with van der Waals surface area (Å²) in [5.41, 5.74) is 4.09. The third kappa shape index (κ3) is 5.64. The van der Waals surface area contributed by atoms with Crippen LogP contribution in [-0.2, 0) is 11.3 Å². The first-order valence-corrected chi connectivity index (χ1v) is 10.3. The molecule has 5 nitrogen and oxygen atoms in total. The Balaban J connectivity index is 1.78. The van der Waals surface area contributed by atoms with Gasteiger partial charge in [-0.2, -0.15) is 5.10 Å². The molecule has 156 valence electrons. The Morgan fingerprint density at radius 2 is 1.93 bits per heavy atom. The van der Waals surface area contributed by atoms with Crippen molar-refractivity contribution >= 4 is 17.8 Å². The van der Waals surface area contributed by atoms with Crippen LogP contribution in [0.15, 0.2) is 35.4 Å². The van der Waals surface area contributed by atoms with Crippen LogP contribution in [0.3, 0.4) is 0 Å². The minimum absolute atomic E-state index is 0.317. The van der Waals surface area contributed by atoms with Crippen molar-refractivity contribution in [2.75, 3.05) is 33.4 Å². The largest absolute Gasteiger partial charge is 0.496 e. The molecule has 0 amide bonds. The summed E-state index contributed by atoms with van der Waals surface area (Å²) in [6, 6.07) is 10.0. The van der Waals surface area contributed by atoms with Gasteiger partial charge in [0.1, 0.15) is 18.1 Å². The van der Waals surface area contributed by atoms with Gasteiger partial charge in [-0.1, -0.05) is 25.4 Å². The van der Waals surface area contributed by atoms with Gasteiger partial charge in [0.15, 0.2) is 0 Å². The van der Waals surface area contributed by atoms with Gasteiger partial charge in [-0.3, -0.25) is 5.01 Å². The topological polar surface area (TPSA) is 43.3 Å². The van der Waals surface area contributed by atoms with E-state index in [0.29, 0.717) is 12.5 Å². The molecule has 0 saturated carbocycles. The van der Waals surface area contributed by atoms with E-state index in [9.17, 15) is 0 Å². The Morgan fingerprint density at radius 3 is 2.62 bits per heavy atom. The van der Waals surface area contributed by atoms with Gasteiger partial charge in [0.2, 0.25) is 0 Å². The SMILES string of the molecule is COc1ccc(C=NN2CCOCC2)cc1COc1cc(C)c(Cl)cc1C(C)C. The summed E-state index contributed by atoms with van der Waals surface area (Å²) in [5, 5.41) is 7.35. The zero-order valence-electron chi connectivity index (χ0n) is 17.6. The third-order valence-electron chi connectivity index (χ3n) is 4.96. The quantitative estimate of drug-likeness (QED) is 0.594. The fraction of sp³-hybridized carbons (Fsp3) is 0.435. The van der Waals surface area contributed by atoms with Crippen molar-refractivity contribution in [1.29, 1.82) is 0 Å². The highest BCUT2D eigenvalue weighted by atomic mass is 35.5. The van der Waals surface area contributed by atoms with Gasteiger partial charge in [0.05, 0.1) is 39.6 Å². The number of hydrazone groups is 1. The lowest BCUT2D eigenvalue weighted by Gasteiger charge is -2.23. The third-order valence-corrected chi connectivity index (χ3v) is 5.37. The Bertz CT molecular complexity index is 861. The van der Waals surface area contributed by atoms with Crippen LogP contribution in [0, 0.1) is 6.92 Å². The number of morpholine rings is 1. The molecule has 0 radical (unpaired) electrons. The lowest BCUT2D eigenvalue weighted by Crippen LogP contribution is -2.32. The van der Waals surface area contributed by atoms with Crippen LogP contribution >= 0.6 is 11.6 Å². The summed E-state index contributed by atoms with van der Waals surface area (Å²) in [6.07, 6.45) is 1.88. The van der Waals surface area contributed by atoms with Crippen molar-refractivity contribution in [3.63, 3.8) is 0 Å². The van der Waals surface area contributed by atoms with Gasteiger partial charge in [0.25, 0.3) is 0 Å². The second-order valence-electron chi connectivity index (χ2n) is 7.46. The molecule has 0 aliphatic carbocycles. The minimum atomic E-state index is 0.317. The lowest BCUT2D eigenvalue weighted by atomic mass is 10.0. The number of hydrogen-bond acceptors (Lipinski definition) is 5. The smallest absolute Gasteiger partial charge is 0.125 e. The maximum atomic E-state index is 6.31. The molecule has 0 aromatic heterocycles. The predicted molar refractivity (Wildman–Crippen MR) is 118 cm³/mol. The van der Waals surface area contributed by atoms with Crippen molar-refractivity contribution in [2.45, 2.75) is 33.3 Å². The fourth-order valence-electron chi connectivity index (χ4n) is 3.21. The Morgan fingerprint density at radius 1 is 1.17 bits per heavy atom. The van der Waals surface area contributed by atoms with E-state index < -0.39 is 0 Å². The van der Waals surface area contributed by atoms with Crippen molar-refractivity contribution in [3.8, 4) is 11.5 Å². The van der Waals surface area contributed by atoms with Crippen molar-refractivity contribution < 1.29 is 14.2 Å². The molecule has 0 bridgehead atoms. The van der Waals surface area contributed by atoms with E-state index in [-0.39, 0.29) is 0 Å². The summed E-state index contributed by atoms with van der Waals surface area (Å²) in [4.78, 5) is 0. The zero-order valence-corrected chi connectivity index (χ0v) is 18.3. The number of hydrogen-bond donors (Lipinski definition) is 0. The highest BCUT2D eigenvalue weighted by molar-refractivity contribution is 6.31. The van der Waals surface area contributed by atoms with E-state index in [2.05, 4.69) is 25.0 Å². The van der Waals surface area contributed by atoms with Crippen LogP contribution < -0.4 is 9.47 Å². The molecule has 0 atom stereocenters. The monoisotopic (exact) mass is 416 g/mol. The molecule has 29 heavy (non-hydrogen) atoms.